The highest BCUT2D eigenvalue weighted by molar-refractivity contribution is 5.80. The predicted octanol–water partition coefficient (Wildman–Crippen LogP) is 3.22. The Bertz CT molecular complexity index is 458. The molecule has 1 aliphatic rings. The van der Waals surface area contributed by atoms with Gasteiger partial charge in [0.15, 0.2) is 5.96 Å². The lowest BCUT2D eigenvalue weighted by molar-refractivity contribution is 0.487. The largest absolute Gasteiger partial charge is 0.469 e. The van der Waals surface area contributed by atoms with Crippen LogP contribution < -0.4 is 5.32 Å². The highest BCUT2D eigenvalue weighted by Gasteiger charge is 2.18. The summed E-state index contributed by atoms with van der Waals surface area (Å²) in [4.78, 5) is 6.90. The van der Waals surface area contributed by atoms with Crippen molar-refractivity contribution in [3.05, 3.63) is 36.3 Å². The van der Waals surface area contributed by atoms with Crippen LogP contribution in [-0.4, -0.2) is 37.0 Å². The van der Waals surface area contributed by atoms with Crippen LogP contribution in [-0.2, 0) is 6.42 Å². The third kappa shape index (κ3) is 5.29. The van der Waals surface area contributed by atoms with Gasteiger partial charge in [-0.1, -0.05) is 25.0 Å². The van der Waals surface area contributed by atoms with E-state index in [0.29, 0.717) is 6.04 Å². The Morgan fingerprint density at radius 3 is 2.86 bits per heavy atom. The van der Waals surface area contributed by atoms with Gasteiger partial charge in [0.1, 0.15) is 5.76 Å². The number of nitrogens with one attached hydrogen (secondary N) is 1. The van der Waals surface area contributed by atoms with Crippen LogP contribution >= 0.6 is 0 Å². The molecule has 0 aromatic carbocycles. The summed E-state index contributed by atoms with van der Waals surface area (Å²) in [6.07, 6.45) is 7.69. The monoisotopic (exact) mass is 289 g/mol. The number of aliphatic imine (C=N–C) groups is 1. The fourth-order valence-electron chi connectivity index (χ4n) is 2.74. The molecule has 0 unspecified atom stereocenters. The lowest BCUT2D eigenvalue weighted by Gasteiger charge is -2.25. The van der Waals surface area contributed by atoms with Crippen molar-refractivity contribution in [3.63, 3.8) is 0 Å². The van der Waals surface area contributed by atoms with Crippen LogP contribution in [0.15, 0.2) is 40.0 Å². The molecule has 4 heteroatoms. The van der Waals surface area contributed by atoms with Crippen LogP contribution in [0.5, 0.6) is 0 Å². The predicted molar refractivity (Wildman–Crippen MR) is 87.5 cm³/mol. The zero-order valence-corrected chi connectivity index (χ0v) is 13.3. The maximum absolute atomic E-state index is 5.36. The lowest BCUT2D eigenvalue weighted by atomic mass is 10.2. The van der Waals surface area contributed by atoms with Crippen LogP contribution in [0.3, 0.4) is 0 Å². The molecule has 1 aromatic heterocycles. The standard InChI is InChI=1S/C17H27N3O/c1-14(2)13-20(3)17(19-15-7-4-5-8-15)18-11-10-16-9-6-12-21-16/h6,9,12,15H,1,4-5,7-8,10-11,13H2,2-3H3,(H,18,19). The van der Waals surface area contributed by atoms with Gasteiger partial charge in [0, 0.05) is 32.6 Å². The molecule has 1 heterocycles. The second kappa shape index (κ2) is 7.91. The average molecular weight is 289 g/mol. The van der Waals surface area contributed by atoms with E-state index in [1.165, 1.54) is 25.7 Å². The van der Waals surface area contributed by atoms with Crippen LogP contribution in [0, 0.1) is 0 Å². The summed E-state index contributed by atoms with van der Waals surface area (Å²) in [5, 5.41) is 3.61. The van der Waals surface area contributed by atoms with Gasteiger partial charge in [-0.05, 0) is 31.9 Å². The zero-order valence-electron chi connectivity index (χ0n) is 13.3. The number of likely N-dealkylation sites (N-methyl/N-ethyl adjacent to an activating group) is 1. The third-order valence-electron chi connectivity index (χ3n) is 3.76. The van der Waals surface area contributed by atoms with Gasteiger partial charge in [-0.2, -0.15) is 0 Å². The summed E-state index contributed by atoms with van der Waals surface area (Å²) in [6, 6.07) is 4.49. The Kier molecular flexibility index (Phi) is 5.90. The minimum Gasteiger partial charge on any atom is -0.469 e. The summed E-state index contributed by atoms with van der Waals surface area (Å²) in [7, 11) is 2.07. The Morgan fingerprint density at radius 1 is 1.48 bits per heavy atom. The van der Waals surface area contributed by atoms with Gasteiger partial charge in [0.05, 0.1) is 6.26 Å². The topological polar surface area (TPSA) is 40.8 Å². The molecule has 21 heavy (non-hydrogen) atoms. The molecule has 0 amide bonds. The summed E-state index contributed by atoms with van der Waals surface area (Å²) < 4.78 is 5.36. The number of hydrogen-bond donors (Lipinski definition) is 1. The minimum absolute atomic E-state index is 0.569. The molecule has 0 aliphatic heterocycles. The van der Waals surface area contributed by atoms with Crippen molar-refractivity contribution in [2.24, 2.45) is 4.99 Å². The molecule has 116 valence electrons. The normalized spacial score (nSPS) is 16.2. The second-order valence-electron chi connectivity index (χ2n) is 5.97. The Morgan fingerprint density at radius 2 is 2.24 bits per heavy atom. The van der Waals surface area contributed by atoms with E-state index in [2.05, 4.69) is 23.8 Å². The van der Waals surface area contributed by atoms with E-state index in [1.54, 1.807) is 6.26 Å². The number of rotatable bonds is 6. The highest BCUT2D eigenvalue weighted by Crippen LogP contribution is 2.17. The fourth-order valence-corrected chi connectivity index (χ4v) is 2.74. The van der Waals surface area contributed by atoms with Crippen molar-refractivity contribution >= 4 is 5.96 Å². The van der Waals surface area contributed by atoms with Crippen molar-refractivity contribution in [2.45, 2.75) is 45.1 Å². The summed E-state index contributed by atoms with van der Waals surface area (Å²) in [5.74, 6) is 1.97. The summed E-state index contributed by atoms with van der Waals surface area (Å²) in [5.41, 5.74) is 1.14. The van der Waals surface area contributed by atoms with Crippen molar-refractivity contribution in [2.75, 3.05) is 20.1 Å². The summed E-state index contributed by atoms with van der Waals surface area (Å²) in [6.45, 7) is 7.61. The third-order valence-corrected chi connectivity index (χ3v) is 3.76. The first-order valence-corrected chi connectivity index (χ1v) is 7.84. The zero-order chi connectivity index (χ0) is 15.1. The molecule has 0 bridgehead atoms. The van der Waals surface area contributed by atoms with Crippen LogP contribution in [0.2, 0.25) is 0 Å². The maximum atomic E-state index is 5.36. The molecule has 1 N–H and O–H groups in total. The number of nitrogens with zero attached hydrogens (tertiary/aromatic N) is 2. The molecule has 0 saturated heterocycles. The van der Waals surface area contributed by atoms with Crippen molar-refractivity contribution in [3.8, 4) is 0 Å². The van der Waals surface area contributed by atoms with E-state index in [-0.39, 0.29) is 0 Å². The second-order valence-corrected chi connectivity index (χ2v) is 5.97. The molecule has 1 aromatic rings. The van der Waals surface area contributed by atoms with Gasteiger partial charge in [-0.25, -0.2) is 0 Å². The van der Waals surface area contributed by atoms with Crippen LogP contribution in [0.4, 0.5) is 0 Å². The summed E-state index contributed by atoms with van der Waals surface area (Å²) >= 11 is 0. The number of furan rings is 1. The molecule has 2 rings (SSSR count). The Balaban J connectivity index is 1.93. The van der Waals surface area contributed by atoms with E-state index >= 15 is 0 Å². The van der Waals surface area contributed by atoms with E-state index < -0.39 is 0 Å². The van der Waals surface area contributed by atoms with E-state index in [1.807, 2.05) is 19.1 Å². The van der Waals surface area contributed by atoms with Crippen LogP contribution in [0.25, 0.3) is 0 Å². The first kappa shape index (κ1) is 15.7. The van der Waals surface area contributed by atoms with Crippen LogP contribution in [0.1, 0.15) is 38.4 Å². The molecule has 1 fully saturated rings. The van der Waals surface area contributed by atoms with E-state index in [0.717, 1.165) is 36.8 Å². The Hall–Kier alpha value is -1.71. The number of hydrogen-bond acceptors (Lipinski definition) is 2. The smallest absolute Gasteiger partial charge is 0.194 e. The molecular weight excluding hydrogens is 262 g/mol. The van der Waals surface area contributed by atoms with Crippen molar-refractivity contribution in [1.82, 2.24) is 10.2 Å². The van der Waals surface area contributed by atoms with E-state index in [9.17, 15) is 0 Å². The molecule has 4 nitrogen and oxygen atoms in total. The quantitative estimate of drug-likeness (QED) is 0.496. The minimum atomic E-state index is 0.569. The van der Waals surface area contributed by atoms with E-state index in [4.69, 9.17) is 9.41 Å². The van der Waals surface area contributed by atoms with Gasteiger partial charge in [-0.3, -0.25) is 4.99 Å². The fraction of sp³-hybridized carbons (Fsp3) is 0.588. The van der Waals surface area contributed by atoms with Gasteiger partial charge in [-0.15, -0.1) is 0 Å². The van der Waals surface area contributed by atoms with Crippen molar-refractivity contribution < 1.29 is 4.42 Å². The molecule has 0 spiro atoms. The molecular formula is C17H27N3O. The SMILES string of the molecule is C=C(C)CN(C)C(=NCCc1ccco1)NC1CCCC1. The average Bonchev–Trinajstić information content (AvgIpc) is 3.09. The molecule has 1 aliphatic carbocycles. The van der Waals surface area contributed by atoms with Gasteiger partial charge >= 0.3 is 0 Å². The van der Waals surface area contributed by atoms with Gasteiger partial charge < -0.3 is 14.6 Å². The Labute approximate surface area is 127 Å². The first-order chi connectivity index (χ1) is 10.1. The first-order valence-electron chi connectivity index (χ1n) is 7.84. The lowest BCUT2D eigenvalue weighted by Crippen LogP contribution is -2.44. The number of guanidine groups is 1. The maximum Gasteiger partial charge on any atom is 0.194 e. The molecule has 1 saturated carbocycles. The van der Waals surface area contributed by atoms with Gasteiger partial charge in [0.25, 0.3) is 0 Å². The van der Waals surface area contributed by atoms with Crippen molar-refractivity contribution in [1.29, 1.82) is 0 Å². The highest BCUT2D eigenvalue weighted by atomic mass is 16.3. The molecule has 0 atom stereocenters. The molecule has 0 radical (unpaired) electrons. The van der Waals surface area contributed by atoms with Gasteiger partial charge in [0.2, 0.25) is 0 Å².